The van der Waals surface area contributed by atoms with Crippen molar-refractivity contribution in [2.24, 2.45) is 0 Å². The van der Waals surface area contributed by atoms with Gasteiger partial charge in [-0.2, -0.15) is 5.26 Å². The largest absolute Gasteiger partial charge is 0.462 e. The van der Waals surface area contributed by atoms with Crippen LogP contribution >= 0.6 is 0 Å². The van der Waals surface area contributed by atoms with Gasteiger partial charge in [0.05, 0.1) is 19.1 Å². The van der Waals surface area contributed by atoms with Crippen LogP contribution in [0.25, 0.3) is 0 Å². The highest BCUT2D eigenvalue weighted by molar-refractivity contribution is 5.28. The zero-order valence-corrected chi connectivity index (χ0v) is 11.2. The summed E-state index contributed by atoms with van der Waals surface area (Å²) in [5.41, 5.74) is 0.818. The molecule has 0 radical (unpaired) electrons. The summed E-state index contributed by atoms with van der Waals surface area (Å²) in [6.45, 7) is -0.508. The Labute approximate surface area is 121 Å². The van der Waals surface area contributed by atoms with Gasteiger partial charge in [0.25, 0.3) is 0 Å². The van der Waals surface area contributed by atoms with Crippen molar-refractivity contribution in [3.63, 3.8) is 0 Å². The number of hydrogen-bond acceptors (Lipinski definition) is 7. The topological polar surface area (TPSA) is 123 Å². The number of ether oxygens (including phenoxy) is 2. The molecule has 7 nitrogen and oxygen atoms in total. The molecule has 1 saturated heterocycles. The minimum absolute atomic E-state index is 0.278. The lowest BCUT2D eigenvalue weighted by atomic mass is 9.99. The standard InChI is InChI=1S/C14H17NO6/c15-6-5-8-1-3-9(4-2-8)20-14-13(19)12(18)11(17)10(7-16)21-14/h1-4,10-14,16-19H,5,7H2/t10-,11-,12+,13-,14?/m1/s1. The quantitative estimate of drug-likeness (QED) is 0.558. The van der Waals surface area contributed by atoms with Crippen LogP contribution in [0.4, 0.5) is 0 Å². The molecule has 1 aromatic carbocycles. The molecule has 1 aliphatic heterocycles. The minimum Gasteiger partial charge on any atom is -0.462 e. The molecule has 7 heteroatoms. The van der Waals surface area contributed by atoms with E-state index >= 15 is 0 Å². The number of aliphatic hydroxyl groups excluding tert-OH is 4. The number of benzene rings is 1. The Bertz CT molecular complexity index is 497. The smallest absolute Gasteiger partial charge is 0.229 e. The van der Waals surface area contributed by atoms with E-state index in [4.69, 9.17) is 19.8 Å². The van der Waals surface area contributed by atoms with Crippen LogP contribution in [0.5, 0.6) is 5.75 Å². The normalized spacial score (nSPS) is 32.4. The second kappa shape index (κ2) is 6.85. The van der Waals surface area contributed by atoms with E-state index in [9.17, 15) is 15.3 Å². The third-order valence-corrected chi connectivity index (χ3v) is 3.31. The molecule has 21 heavy (non-hydrogen) atoms. The molecule has 1 unspecified atom stereocenters. The van der Waals surface area contributed by atoms with E-state index < -0.39 is 37.3 Å². The second-order valence-electron chi connectivity index (χ2n) is 4.79. The molecular weight excluding hydrogens is 278 g/mol. The predicted molar refractivity (Wildman–Crippen MR) is 70.2 cm³/mol. The summed E-state index contributed by atoms with van der Waals surface area (Å²) < 4.78 is 10.6. The summed E-state index contributed by atoms with van der Waals surface area (Å²) in [7, 11) is 0. The number of nitriles is 1. The lowest BCUT2D eigenvalue weighted by Crippen LogP contribution is -2.60. The zero-order valence-electron chi connectivity index (χ0n) is 11.2. The van der Waals surface area contributed by atoms with Crippen LogP contribution < -0.4 is 4.74 Å². The first-order chi connectivity index (χ1) is 10.1. The van der Waals surface area contributed by atoms with Crippen molar-refractivity contribution in [1.82, 2.24) is 0 Å². The first kappa shape index (κ1) is 15.7. The Morgan fingerprint density at radius 3 is 2.33 bits per heavy atom. The highest BCUT2D eigenvalue weighted by atomic mass is 16.7. The summed E-state index contributed by atoms with van der Waals surface area (Å²) in [6, 6.07) is 8.63. The Morgan fingerprint density at radius 2 is 1.76 bits per heavy atom. The molecule has 1 aliphatic rings. The van der Waals surface area contributed by atoms with Crippen molar-refractivity contribution in [1.29, 1.82) is 5.26 Å². The van der Waals surface area contributed by atoms with Gasteiger partial charge in [0.15, 0.2) is 0 Å². The van der Waals surface area contributed by atoms with Crippen LogP contribution in [-0.4, -0.2) is 57.7 Å². The van der Waals surface area contributed by atoms with Gasteiger partial charge in [0.2, 0.25) is 6.29 Å². The predicted octanol–water partition coefficient (Wildman–Crippen LogP) is -1.07. The molecule has 0 amide bonds. The van der Waals surface area contributed by atoms with Crippen molar-refractivity contribution in [3.8, 4) is 11.8 Å². The summed E-state index contributed by atoms with van der Waals surface area (Å²) in [5.74, 6) is 0.376. The molecule has 1 aromatic rings. The molecule has 0 saturated carbocycles. The van der Waals surface area contributed by atoms with E-state index in [1.807, 2.05) is 6.07 Å². The average molecular weight is 295 g/mol. The molecule has 114 valence electrons. The molecule has 0 aliphatic carbocycles. The van der Waals surface area contributed by atoms with E-state index in [0.717, 1.165) is 5.56 Å². The van der Waals surface area contributed by atoms with Gasteiger partial charge in [0, 0.05) is 0 Å². The van der Waals surface area contributed by atoms with Gasteiger partial charge >= 0.3 is 0 Å². The number of hydrogen-bond donors (Lipinski definition) is 4. The molecule has 5 atom stereocenters. The van der Waals surface area contributed by atoms with Crippen molar-refractivity contribution >= 4 is 0 Å². The first-order valence-electron chi connectivity index (χ1n) is 6.50. The van der Waals surface area contributed by atoms with Gasteiger partial charge in [-0.05, 0) is 17.7 Å². The number of aliphatic hydroxyl groups is 4. The van der Waals surface area contributed by atoms with E-state index in [1.165, 1.54) is 0 Å². The maximum Gasteiger partial charge on any atom is 0.229 e. The van der Waals surface area contributed by atoms with Gasteiger partial charge in [-0.15, -0.1) is 0 Å². The van der Waals surface area contributed by atoms with E-state index in [-0.39, 0.29) is 6.42 Å². The van der Waals surface area contributed by atoms with Crippen LogP contribution in [0.2, 0.25) is 0 Å². The van der Waals surface area contributed by atoms with Crippen molar-refractivity contribution in [2.75, 3.05) is 6.61 Å². The maximum atomic E-state index is 9.84. The second-order valence-corrected chi connectivity index (χ2v) is 4.79. The highest BCUT2D eigenvalue weighted by Crippen LogP contribution is 2.24. The molecule has 0 spiro atoms. The van der Waals surface area contributed by atoms with Crippen LogP contribution in [0.1, 0.15) is 5.56 Å². The van der Waals surface area contributed by atoms with E-state index in [0.29, 0.717) is 5.75 Å². The molecule has 4 N–H and O–H groups in total. The van der Waals surface area contributed by atoms with E-state index in [2.05, 4.69) is 0 Å². The SMILES string of the molecule is N#CCc1ccc(OC2O[C@H](CO)[C@@H](O)[C@H](O)[C@H]2O)cc1. The van der Waals surface area contributed by atoms with Crippen molar-refractivity contribution in [3.05, 3.63) is 29.8 Å². The lowest BCUT2D eigenvalue weighted by molar-refractivity contribution is -0.277. The molecule has 1 fully saturated rings. The van der Waals surface area contributed by atoms with Crippen LogP contribution in [0.3, 0.4) is 0 Å². The monoisotopic (exact) mass is 295 g/mol. The fraction of sp³-hybridized carbons (Fsp3) is 0.500. The van der Waals surface area contributed by atoms with Crippen molar-refractivity contribution in [2.45, 2.75) is 37.1 Å². The molecular formula is C14H17NO6. The first-order valence-corrected chi connectivity index (χ1v) is 6.50. The van der Waals surface area contributed by atoms with Gasteiger partial charge < -0.3 is 29.9 Å². The summed E-state index contributed by atoms with van der Waals surface area (Å²) in [5, 5.41) is 46.8. The van der Waals surface area contributed by atoms with E-state index in [1.54, 1.807) is 24.3 Å². The zero-order chi connectivity index (χ0) is 15.4. The molecule has 1 heterocycles. The van der Waals surface area contributed by atoms with Gasteiger partial charge in [-0.25, -0.2) is 0 Å². The van der Waals surface area contributed by atoms with Crippen LogP contribution in [0.15, 0.2) is 24.3 Å². The van der Waals surface area contributed by atoms with Gasteiger partial charge in [-0.3, -0.25) is 0 Å². The molecule has 0 bridgehead atoms. The minimum atomic E-state index is -1.47. The lowest BCUT2D eigenvalue weighted by Gasteiger charge is -2.39. The number of rotatable bonds is 4. The fourth-order valence-corrected chi connectivity index (χ4v) is 2.08. The van der Waals surface area contributed by atoms with Crippen LogP contribution in [-0.2, 0) is 11.2 Å². The van der Waals surface area contributed by atoms with Gasteiger partial charge in [0.1, 0.15) is 30.2 Å². The molecule has 0 aromatic heterocycles. The van der Waals surface area contributed by atoms with Crippen molar-refractivity contribution < 1.29 is 29.9 Å². The third-order valence-electron chi connectivity index (χ3n) is 3.31. The summed E-state index contributed by atoms with van der Waals surface area (Å²) in [6.07, 6.45) is -6.27. The Kier molecular flexibility index (Phi) is 5.12. The van der Waals surface area contributed by atoms with Crippen LogP contribution in [0, 0.1) is 11.3 Å². The molecule has 2 rings (SSSR count). The van der Waals surface area contributed by atoms with Gasteiger partial charge in [-0.1, -0.05) is 12.1 Å². The average Bonchev–Trinajstić information content (AvgIpc) is 2.50. The number of nitrogens with zero attached hydrogens (tertiary/aromatic N) is 1. The highest BCUT2D eigenvalue weighted by Gasteiger charge is 2.44. The Balaban J connectivity index is 2.05. The maximum absolute atomic E-state index is 9.84. The third kappa shape index (κ3) is 3.50. The Morgan fingerprint density at radius 1 is 1.10 bits per heavy atom. The summed E-state index contributed by atoms with van der Waals surface area (Å²) in [4.78, 5) is 0. The Hall–Kier alpha value is -1.69. The fourth-order valence-electron chi connectivity index (χ4n) is 2.08. The summed E-state index contributed by atoms with van der Waals surface area (Å²) >= 11 is 0.